The van der Waals surface area contributed by atoms with Crippen LogP contribution in [-0.4, -0.2) is 44.6 Å². The van der Waals surface area contributed by atoms with Crippen LogP contribution in [0.2, 0.25) is 0 Å². The number of hydrogen-bond donors (Lipinski definition) is 3. The zero-order valence-corrected chi connectivity index (χ0v) is 21.5. The molecule has 0 heterocycles. The van der Waals surface area contributed by atoms with E-state index in [2.05, 4.69) is 52.8 Å². The van der Waals surface area contributed by atoms with Crippen molar-refractivity contribution >= 4 is 11.8 Å². The molecule has 0 bridgehead atoms. The van der Waals surface area contributed by atoms with Crippen LogP contribution in [0.25, 0.3) is 0 Å². The fraction of sp³-hybridized carbons (Fsp3) is 0.786. The lowest BCUT2D eigenvalue weighted by atomic mass is 9.50. The minimum Gasteiger partial charge on any atom is -0.393 e. The molecule has 8 atom stereocenters. The maximum absolute atomic E-state index is 11.1. The van der Waals surface area contributed by atoms with Crippen LogP contribution in [0.4, 0.5) is 0 Å². The van der Waals surface area contributed by atoms with E-state index in [1.807, 2.05) is 11.8 Å². The Morgan fingerprint density at radius 1 is 1.12 bits per heavy atom. The first-order chi connectivity index (χ1) is 15.2. The lowest BCUT2D eigenvalue weighted by Crippen LogP contribution is -2.52. The number of allylic oxidation sites excluding steroid dienone is 4. The lowest BCUT2D eigenvalue weighted by molar-refractivity contribution is -0.0489. The summed E-state index contributed by atoms with van der Waals surface area (Å²) in [6.45, 7) is 11.4. The first-order valence-corrected chi connectivity index (χ1v) is 14.0. The molecule has 0 spiro atoms. The molecule has 3 nitrogen and oxygen atoms in total. The highest BCUT2D eigenvalue weighted by Crippen LogP contribution is 2.64. The molecular formula is C28H44O3S. The van der Waals surface area contributed by atoms with E-state index in [0.29, 0.717) is 35.8 Å². The van der Waals surface area contributed by atoms with E-state index in [1.165, 1.54) is 11.1 Å². The lowest BCUT2D eigenvalue weighted by Gasteiger charge is -2.56. The first-order valence-electron chi connectivity index (χ1n) is 12.9. The molecule has 4 aliphatic carbocycles. The van der Waals surface area contributed by atoms with Gasteiger partial charge in [-0.3, -0.25) is 0 Å². The number of aliphatic hydroxyl groups excluding tert-OH is 3. The van der Waals surface area contributed by atoms with Crippen molar-refractivity contribution in [3.05, 3.63) is 34.9 Å². The summed E-state index contributed by atoms with van der Waals surface area (Å²) in [6.07, 6.45) is 12.6. The van der Waals surface area contributed by atoms with Gasteiger partial charge < -0.3 is 15.3 Å². The van der Waals surface area contributed by atoms with Crippen LogP contribution < -0.4 is 0 Å². The van der Waals surface area contributed by atoms with E-state index in [4.69, 9.17) is 0 Å². The van der Waals surface area contributed by atoms with Gasteiger partial charge in [0, 0.05) is 22.8 Å². The fourth-order valence-corrected chi connectivity index (χ4v) is 8.90. The highest BCUT2D eigenvalue weighted by molar-refractivity contribution is 8.00. The molecule has 3 N–H and O–H groups in total. The Hall–Kier alpha value is -0.550. The van der Waals surface area contributed by atoms with Crippen molar-refractivity contribution in [3.8, 4) is 0 Å². The van der Waals surface area contributed by atoms with Crippen LogP contribution in [0.15, 0.2) is 34.9 Å². The second kappa shape index (κ2) is 9.24. The number of hydrogen-bond acceptors (Lipinski definition) is 4. The van der Waals surface area contributed by atoms with Crippen molar-refractivity contribution < 1.29 is 15.3 Å². The second-order valence-corrected chi connectivity index (χ2v) is 12.7. The minimum absolute atomic E-state index is 0.176. The van der Waals surface area contributed by atoms with Crippen LogP contribution in [0.3, 0.4) is 0 Å². The Labute approximate surface area is 199 Å². The molecule has 0 unspecified atom stereocenters. The molecule has 0 aromatic carbocycles. The van der Waals surface area contributed by atoms with Crippen LogP contribution >= 0.6 is 11.8 Å². The zero-order chi connectivity index (χ0) is 23.3. The molecule has 0 radical (unpaired) electrons. The molecule has 2 saturated carbocycles. The summed E-state index contributed by atoms with van der Waals surface area (Å²) in [5.41, 5.74) is 4.29. The molecular weight excluding hydrogens is 416 g/mol. The topological polar surface area (TPSA) is 60.7 Å². The van der Waals surface area contributed by atoms with Crippen molar-refractivity contribution in [1.82, 2.24) is 0 Å². The highest BCUT2D eigenvalue weighted by atomic mass is 32.2. The normalized spacial score (nSPS) is 40.6. The molecule has 180 valence electrons. The van der Waals surface area contributed by atoms with E-state index >= 15 is 0 Å². The van der Waals surface area contributed by atoms with Crippen LogP contribution in [0, 0.1) is 28.6 Å². The SMILES string of the molecule is CCC(CC)[C@@H](O)CS[C@@H](C)C1=CC[C@H]2C3=CC=C4C[C@@H](O)C[C@H](O)[C@]4(C)[C@H]3CC[C@]12C. The zero-order valence-electron chi connectivity index (χ0n) is 20.7. The van der Waals surface area contributed by atoms with Gasteiger partial charge in [0.1, 0.15) is 0 Å². The summed E-state index contributed by atoms with van der Waals surface area (Å²) < 4.78 is 0. The number of fused-ring (bicyclic) bond motifs is 5. The van der Waals surface area contributed by atoms with Gasteiger partial charge >= 0.3 is 0 Å². The summed E-state index contributed by atoms with van der Waals surface area (Å²) in [4.78, 5) is 0. The number of thioether (sulfide) groups is 1. The molecule has 32 heavy (non-hydrogen) atoms. The predicted molar refractivity (Wildman–Crippen MR) is 135 cm³/mol. The predicted octanol–water partition coefficient (Wildman–Crippen LogP) is 5.66. The summed E-state index contributed by atoms with van der Waals surface area (Å²) >= 11 is 1.93. The average molecular weight is 461 g/mol. The van der Waals surface area contributed by atoms with Crippen molar-refractivity contribution in [2.24, 2.45) is 28.6 Å². The van der Waals surface area contributed by atoms with Crippen molar-refractivity contribution in [2.75, 3.05) is 5.75 Å². The third-order valence-electron chi connectivity index (χ3n) is 9.84. The van der Waals surface area contributed by atoms with Gasteiger partial charge in [-0.2, -0.15) is 11.8 Å². The van der Waals surface area contributed by atoms with Gasteiger partial charge in [-0.15, -0.1) is 0 Å². The fourth-order valence-electron chi connectivity index (χ4n) is 7.60. The number of aliphatic hydroxyl groups is 3. The Morgan fingerprint density at radius 2 is 1.84 bits per heavy atom. The summed E-state index contributed by atoms with van der Waals surface area (Å²) in [5.74, 6) is 2.11. The Balaban J connectivity index is 1.51. The van der Waals surface area contributed by atoms with Gasteiger partial charge in [0.25, 0.3) is 0 Å². The second-order valence-electron chi connectivity index (χ2n) is 11.3. The minimum atomic E-state index is -0.467. The summed E-state index contributed by atoms with van der Waals surface area (Å²) in [5, 5.41) is 32.3. The molecule has 4 heteroatoms. The van der Waals surface area contributed by atoms with Crippen LogP contribution in [0.5, 0.6) is 0 Å². The molecule has 2 fully saturated rings. The molecule has 0 aromatic rings. The maximum atomic E-state index is 11.1. The first kappa shape index (κ1) is 24.6. The third kappa shape index (κ3) is 3.87. The smallest absolute Gasteiger partial charge is 0.0661 e. The van der Waals surface area contributed by atoms with Crippen molar-refractivity contribution in [3.63, 3.8) is 0 Å². The quantitative estimate of drug-likeness (QED) is 0.429. The monoisotopic (exact) mass is 460 g/mol. The molecule has 4 aliphatic rings. The van der Waals surface area contributed by atoms with Crippen molar-refractivity contribution in [1.29, 1.82) is 0 Å². The van der Waals surface area contributed by atoms with E-state index in [-0.39, 0.29) is 16.9 Å². The Bertz CT molecular complexity index is 796. The van der Waals surface area contributed by atoms with Crippen LogP contribution in [-0.2, 0) is 0 Å². The third-order valence-corrected chi connectivity index (χ3v) is 11.1. The largest absolute Gasteiger partial charge is 0.393 e. The van der Waals surface area contributed by atoms with E-state index in [9.17, 15) is 15.3 Å². The highest BCUT2D eigenvalue weighted by Gasteiger charge is 2.57. The van der Waals surface area contributed by atoms with Gasteiger partial charge in [0.15, 0.2) is 0 Å². The molecule has 0 aliphatic heterocycles. The Kier molecular flexibility index (Phi) is 7.10. The molecule has 0 amide bonds. The van der Waals surface area contributed by atoms with E-state index in [1.54, 1.807) is 5.57 Å². The van der Waals surface area contributed by atoms with Crippen LogP contribution in [0.1, 0.15) is 79.6 Å². The van der Waals surface area contributed by atoms with Gasteiger partial charge in [0.05, 0.1) is 18.3 Å². The van der Waals surface area contributed by atoms with Gasteiger partial charge in [-0.1, -0.05) is 75.5 Å². The standard InChI is InChI=1S/C28H44O3S/c1-6-18(7-2)25(30)16-32-17(3)22-10-11-23-21-9-8-19-14-20(29)15-26(31)28(19,5)24(21)12-13-27(22,23)4/h8-10,17-18,20,23-26,29-31H,6-7,11-16H2,1-5H3/t17-,20+,23-,24-,25-,26-,27+,28-/m0/s1. The average Bonchev–Trinajstić information content (AvgIpc) is 3.11. The molecule has 4 rings (SSSR count). The Morgan fingerprint density at radius 3 is 2.53 bits per heavy atom. The number of rotatable bonds is 7. The van der Waals surface area contributed by atoms with E-state index in [0.717, 1.165) is 37.9 Å². The maximum Gasteiger partial charge on any atom is 0.0661 e. The van der Waals surface area contributed by atoms with Gasteiger partial charge in [-0.05, 0) is 55.8 Å². The summed E-state index contributed by atoms with van der Waals surface area (Å²) in [6, 6.07) is 0. The van der Waals surface area contributed by atoms with Crippen molar-refractivity contribution in [2.45, 2.75) is 103 Å². The molecule has 0 aromatic heterocycles. The van der Waals surface area contributed by atoms with E-state index < -0.39 is 12.2 Å². The molecule has 0 saturated heterocycles. The van der Waals surface area contributed by atoms with Gasteiger partial charge in [0.2, 0.25) is 0 Å². The van der Waals surface area contributed by atoms with Gasteiger partial charge in [-0.25, -0.2) is 0 Å². The summed E-state index contributed by atoms with van der Waals surface area (Å²) in [7, 11) is 0.